The normalized spacial score (nSPS) is 10.8. The van der Waals surface area contributed by atoms with E-state index in [0.29, 0.717) is 17.1 Å². The number of methoxy groups -OCH3 is 1. The quantitative estimate of drug-likeness (QED) is 0.690. The number of anilines is 2. The molecule has 17 heavy (non-hydrogen) atoms. The lowest BCUT2D eigenvalue weighted by atomic mass is 10.1. The minimum absolute atomic E-state index is 0.283. The average Bonchev–Trinajstić information content (AvgIpc) is 2.18. The number of nitrogens with one attached hydrogen (secondary N) is 2. The van der Waals surface area contributed by atoms with E-state index in [4.69, 9.17) is 10.5 Å². The molecule has 4 N–H and O–H groups in total. The zero-order valence-electron chi connectivity index (χ0n) is 10.6. The van der Waals surface area contributed by atoms with Crippen molar-refractivity contribution in [2.75, 3.05) is 18.2 Å². The van der Waals surface area contributed by atoms with E-state index in [-0.39, 0.29) is 11.6 Å². The standard InChI is InChI=1S/C12H19N3O2/c1-12(2,3)15-11(16)14-10-6-5-8(17-4)7-9(10)13/h5-7H,13H2,1-4H3,(H2,14,15,16). The molecule has 0 bridgehead atoms. The van der Waals surface area contributed by atoms with Crippen LogP contribution in [0.5, 0.6) is 5.75 Å². The highest BCUT2D eigenvalue weighted by atomic mass is 16.5. The molecule has 0 heterocycles. The van der Waals surface area contributed by atoms with Gasteiger partial charge >= 0.3 is 6.03 Å². The Kier molecular flexibility index (Phi) is 3.83. The van der Waals surface area contributed by atoms with Crippen molar-refractivity contribution in [3.8, 4) is 5.75 Å². The van der Waals surface area contributed by atoms with Crippen molar-refractivity contribution in [3.05, 3.63) is 18.2 Å². The molecule has 0 unspecified atom stereocenters. The molecule has 0 saturated heterocycles. The summed E-state index contributed by atoms with van der Waals surface area (Å²) in [7, 11) is 1.56. The van der Waals surface area contributed by atoms with Crippen LogP contribution in [0.1, 0.15) is 20.8 Å². The summed E-state index contributed by atoms with van der Waals surface area (Å²) in [6.07, 6.45) is 0. The van der Waals surface area contributed by atoms with Crippen molar-refractivity contribution in [2.45, 2.75) is 26.3 Å². The molecule has 1 rings (SSSR count). The fraction of sp³-hybridized carbons (Fsp3) is 0.417. The van der Waals surface area contributed by atoms with Gasteiger partial charge in [0.2, 0.25) is 0 Å². The Morgan fingerprint density at radius 2 is 2.00 bits per heavy atom. The van der Waals surface area contributed by atoms with E-state index in [1.54, 1.807) is 25.3 Å². The van der Waals surface area contributed by atoms with Gasteiger partial charge in [0.15, 0.2) is 0 Å². The fourth-order valence-electron chi connectivity index (χ4n) is 1.28. The van der Waals surface area contributed by atoms with Crippen LogP contribution >= 0.6 is 0 Å². The van der Waals surface area contributed by atoms with Crippen LogP contribution < -0.4 is 21.1 Å². The van der Waals surface area contributed by atoms with Crippen LogP contribution in [0, 0.1) is 0 Å². The van der Waals surface area contributed by atoms with Crippen LogP contribution in [0.25, 0.3) is 0 Å². The number of carbonyl (C=O) groups excluding carboxylic acids is 1. The van der Waals surface area contributed by atoms with Crippen LogP contribution in [-0.2, 0) is 0 Å². The lowest BCUT2D eigenvalue weighted by molar-refractivity contribution is 0.244. The van der Waals surface area contributed by atoms with Gasteiger partial charge in [-0.05, 0) is 32.9 Å². The maximum absolute atomic E-state index is 11.6. The third kappa shape index (κ3) is 4.22. The van der Waals surface area contributed by atoms with Crippen molar-refractivity contribution in [3.63, 3.8) is 0 Å². The summed E-state index contributed by atoms with van der Waals surface area (Å²) < 4.78 is 5.03. The summed E-state index contributed by atoms with van der Waals surface area (Å²) in [6.45, 7) is 5.72. The number of urea groups is 1. The van der Waals surface area contributed by atoms with E-state index >= 15 is 0 Å². The highest BCUT2D eigenvalue weighted by Crippen LogP contribution is 2.23. The highest BCUT2D eigenvalue weighted by molar-refractivity contribution is 5.93. The largest absolute Gasteiger partial charge is 0.497 e. The van der Waals surface area contributed by atoms with E-state index in [9.17, 15) is 4.79 Å². The summed E-state index contributed by atoms with van der Waals surface area (Å²) >= 11 is 0. The summed E-state index contributed by atoms with van der Waals surface area (Å²) in [4.78, 5) is 11.6. The van der Waals surface area contributed by atoms with Gasteiger partial charge in [0.1, 0.15) is 5.75 Å². The number of rotatable bonds is 2. The number of nitrogen functional groups attached to an aromatic ring is 1. The smallest absolute Gasteiger partial charge is 0.319 e. The molecular weight excluding hydrogens is 218 g/mol. The zero-order valence-corrected chi connectivity index (χ0v) is 10.6. The van der Waals surface area contributed by atoms with Crippen molar-refractivity contribution >= 4 is 17.4 Å². The first-order valence-corrected chi connectivity index (χ1v) is 5.34. The van der Waals surface area contributed by atoms with Crippen molar-refractivity contribution in [1.82, 2.24) is 5.32 Å². The molecule has 0 saturated carbocycles. The summed E-state index contributed by atoms with van der Waals surface area (Å²) in [6, 6.07) is 4.82. The second-order valence-corrected chi connectivity index (χ2v) is 4.78. The molecule has 1 aromatic rings. The molecule has 5 nitrogen and oxygen atoms in total. The second kappa shape index (κ2) is 4.95. The Hall–Kier alpha value is -1.91. The van der Waals surface area contributed by atoms with Gasteiger partial charge in [-0.3, -0.25) is 0 Å². The molecule has 2 amide bonds. The molecule has 0 aliphatic heterocycles. The Balaban J connectivity index is 2.72. The molecule has 1 aromatic carbocycles. The first-order valence-electron chi connectivity index (χ1n) is 5.34. The molecule has 0 atom stereocenters. The molecule has 0 radical (unpaired) electrons. The van der Waals surface area contributed by atoms with E-state index < -0.39 is 0 Å². The van der Waals surface area contributed by atoms with Crippen LogP contribution in [0.4, 0.5) is 16.2 Å². The van der Waals surface area contributed by atoms with Crippen molar-refractivity contribution in [2.24, 2.45) is 0 Å². The summed E-state index contributed by atoms with van der Waals surface area (Å²) in [5, 5.41) is 5.47. The average molecular weight is 237 g/mol. The van der Waals surface area contributed by atoms with Gasteiger partial charge in [-0.2, -0.15) is 0 Å². The molecule has 0 aliphatic rings. The summed E-state index contributed by atoms with van der Waals surface area (Å²) in [5.41, 5.74) is 6.53. The predicted octanol–water partition coefficient (Wildman–Crippen LogP) is 2.20. The van der Waals surface area contributed by atoms with Crippen LogP contribution in [0.3, 0.4) is 0 Å². The van der Waals surface area contributed by atoms with E-state index in [1.165, 1.54) is 0 Å². The van der Waals surface area contributed by atoms with E-state index in [1.807, 2.05) is 20.8 Å². The monoisotopic (exact) mass is 237 g/mol. The number of benzene rings is 1. The molecule has 0 aliphatic carbocycles. The minimum Gasteiger partial charge on any atom is -0.497 e. The zero-order chi connectivity index (χ0) is 13.1. The number of carbonyl (C=O) groups is 1. The first kappa shape index (κ1) is 13.2. The van der Waals surface area contributed by atoms with Crippen LogP contribution in [-0.4, -0.2) is 18.7 Å². The van der Waals surface area contributed by atoms with Gasteiger partial charge in [-0.25, -0.2) is 4.79 Å². The van der Waals surface area contributed by atoms with Gasteiger partial charge in [0.05, 0.1) is 18.5 Å². The SMILES string of the molecule is COc1ccc(NC(=O)NC(C)(C)C)c(N)c1. The van der Waals surface area contributed by atoms with E-state index in [0.717, 1.165) is 0 Å². The van der Waals surface area contributed by atoms with Gasteiger partial charge in [-0.15, -0.1) is 0 Å². The van der Waals surface area contributed by atoms with E-state index in [2.05, 4.69) is 10.6 Å². The molecule has 94 valence electrons. The fourth-order valence-corrected chi connectivity index (χ4v) is 1.28. The third-order valence-corrected chi connectivity index (χ3v) is 2.00. The number of hydrogen-bond donors (Lipinski definition) is 3. The Labute approximate surface area is 101 Å². The van der Waals surface area contributed by atoms with Crippen molar-refractivity contribution in [1.29, 1.82) is 0 Å². The number of nitrogens with two attached hydrogens (primary N) is 1. The topological polar surface area (TPSA) is 76.4 Å². The lowest BCUT2D eigenvalue weighted by Gasteiger charge is -2.21. The number of ether oxygens (including phenoxy) is 1. The third-order valence-electron chi connectivity index (χ3n) is 2.00. The maximum Gasteiger partial charge on any atom is 0.319 e. The lowest BCUT2D eigenvalue weighted by Crippen LogP contribution is -2.43. The number of hydrogen-bond acceptors (Lipinski definition) is 3. The summed E-state index contributed by atoms with van der Waals surface area (Å²) in [5.74, 6) is 0.657. The molecule has 0 aromatic heterocycles. The maximum atomic E-state index is 11.6. The first-order chi connectivity index (χ1) is 7.81. The Morgan fingerprint density at radius 3 is 2.47 bits per heavy atom. The van der Waals surface area contributed by atoms with Gasteiger partial charge in [-0.1, -0.05) is 0 Å². The minimum atomic E-state index is -0.286. The van der Waals surface area contributed by atoms with Gasteiger partial charge in [0.25, 0.3) is 0 Å². The Morgan fingerprint density at radius 1 is 1.35 bits per heavy atom. The molecule has 5 heteroatoms. The molecule has 0 fully saturated rings. The predicted molar refractivity (Wildman–Crippen MR) is 69.3 cm³/mol. The van der Waals surface area contributed by atoms with Gasteiger partial charge in [0, 0.05) is 11.6 Å². The molecule has 0 spiro atoms. The van der Waals surface area contributed by atoms with Crippen molar-refractivity contribution < 1.29 is 9.53 Å². The highest BCUT2D eigenvalue weighted by Gasteiger charge is 2.14. The molecular formula is C12H19N3O2. The number of amides is 2. The second-order valence-electron chi connectivity index (χ2n) is 4.78. The Bertz CT molecular complexity index is 411. The van der Waals surface area contributed by atoms with Crippen LogP contribution in [0.15, 0.2) is 18.2 Å². The van der Waals surface area contributed by atoms with Crippen LogP contribution in [0.2, 0.25) is 0 Å². The van der Waals surface area contributed by atoms with Gasteiger partial charge < -0.3 is 21.1 Å².